The van der Waals surface area contributed by atoms with Crippen molar-refractivity contribution in [3.8, 4) is 0 Å². The average molecular weight is 357 g/mol. The second-order valence-electron chi connectivity index (χ2n) is 3.93. The lowest BCUT2D eigenvalue weighted by Crippen LogP contribution is -2.21. The highest BCUT2D eigenvalue weighted by Crippen LogP contribution is 2.11. The summed E-state index contributed by atoms with van der Waals surface area (Å²) in [4.78, 5) is 20.4. The van der Waals surface area contributed by atoms with Gasteiger partial charge in [-0.2, -0.15) is 0 Å². The molecule has 0 aromatic rings. The van der Waals surface area contributed by atoms with Crippen LogP contribution in [0.1, 0.15) is 52.9 Å². The molecule has 0 spiro atoms. The first-order chi connectivity index (χ1) is 7.95. The Morgan fingerprint density at radius 3 is 2.12 bits per heavy atom. The Morgan fingerprint density at radius 1 is 1.24 bits per heavy atom. The van der Waals surface area contributed by atoms with Crippen LogP contribution in [-0.2, 0) is 4.79 Å². The summed E-state index contributed by atoms with van der Waals surface area (Å²) in [5.74, 6) is 0.269. The van der Waals surface area contributed by atoms with Crippen LogP contribution in [-0.4, -0.2) is 21.5 Å². The largest absolute Gasteiger partial charge is 0.465 e. The zero-order valence-electron chi connectivity index (χ0n) is 11.0. The Bertz CT molecular complexity index is 210. The van der Waals surface area contributed by atoms with Crippen molar-refractivity contribution in [2.75, 3.05) is 6.54 Å². The molecule has 0 aromatic carbocycles. The van der Waals surface area contributed by atoms with E-state index in [9.17, 15) is 9.59 Å². The molecule has 0 rings (SSSR count). The number of carbonyl (C=O) groups is 2. The third-order valence-corrected chi connectivity index (χ3v) is 3.25. The summed E-state index contributed by atoms with van der Waals surface area (Å²) in [6.45, 7) is 6.73. The number of carboxylic acid groups (broad SMARTS) is 1. The number of amides is 1. The molecule has 0 bridgehead atoms. The summed E-state index contributed by atoms with van der Waals surface area (Å²) in [6, 6.07) is 0. The molecule has 0 aliphatic heterocycles. The van der Waals surface area contributed by atoms with Gasteiger partial charge in [-0.05, 0) is 35.4 Å². The zero-order valence-corrected chi connectivity index (χ0v) is 13.1. The molecule has 0 heterocycles. The van der Waals surface area contributed by atoms with Crippen molar-refractivity contribution in [1.82, 2.24) is 5.32 Å². The van der Waals surface area contributed by atoms with Crippen LogP contribution in [0.5, 0.6) is 0 Å². The zero-order chi connectivity index (χ0) is 13.7. The van der Waals surface area contributed by atoms with Gasteiger partial charge in [0.2, 0.25) is 0 Å². The summed E-state index contributed by atoms with van der Waals surface area (Å²) >= 11 is 1.87. The first-order valence-corrected chi connectivity index (χ1v) is 7.19. The minimum atomic E-state index is -0.932. The van der Waals surface area contributed by atoms with Gasteiger partial charge >= 0.3 is 6.09 Å². The third kappa shape index (κ3) is 18.2. The number of carbonyl (C=O) groups excluding carboxylic acids is 1. The summed E-state index contributed by atoms with van der Waals surface area (Å²) in [5.41, 5.74) is 0. The van der Waals surface area contributed by atoms with Crippen LogP contribution in [0.3, 0.4) is 0 Å². The van der Waals surface area contributed by atoms with Crippen molar-refractivity contribution in [2.24, 2.45) is 5.92 Å². The van der Waals surface area contributed by atoms with Gasteiger partial charge in [-0.25, -0.2) is 4.79 Å². The van der Waals surface area contributed by atoms with E-state index in [4.69, 9.17) is 5.11 Å². The summed E-state index contributed by atoms with van der Waals surface area (Å²) < 4.78 is 0.293. The molecule has 0 fully saturated rings. The first kappa shape index (κ1) is 19.0. The quantitative estimate of drug-likeness (QED) is 0.413. The molecule has 2 N–H and O–H groups in total. The lowest BCUT2D eigenvalue weighted by Gasteiger charge is -2.02. The smallest absolute Gasteiger partial charge is 0.404 e. The minimum Gasteiger partial charge on any atom is -0.465 e. The number of rotatable bonds is 7. The Morgan fingerprint density at radius 2 is 1.76 bits per heavy atom. The van der Waals surface area contributed by atoms with E-state index in [1.807, 2.05) is 36.4 Å². The van der Waals surface area contributed by atoms with Gasteiger partial charge in [0.15, 0.2) is 3.79 Å². The van der Waals surface area contributed by atoms with Crippen LogP contribution in [0.25, 0.3) is 0 Å². The van der Waals surface area contributed by atoms with E-state index < -0.39 is 6.09 Å². The molecular weight excluding hydrogens is 333 g/mol. The highest BCUT2D eigenvalue weighted by Gasteiger charge is 2.06. The predicted octanol–water partition coefficient (Wildman–Crippen LogP) is 3.83. The fourth-order valence-electron chi connectivity index (χ4n) is 0.996. The molecule has 0 radical (unpaired) electrons. The second-order valence-corrected chi connectivity index (χ2v) is 5.00. The molecule has 0 saturated carbocycles. The number of hydrogen-bond acceptors (Lipinski definition) is 2. The number of hydrogen-bond donors (Lipinski definition) is 2. The normalized spacial score (nSPS) is 11.1. The standard InChI is InChI=1S/C7H13IO.C5H11NO2/c1-3-4-5-6(2)7(8)9;1-2-3-4-6-5(7)8/h6H,3-5H2,1-2H3;6H,2-4H2,1H3,(H,7,8). The summed E-state index contributed by atoms with van der Waals surface area (Å²) in [7, 11) is 0. The highest BCUT2D eigenvalue weighted by atomic mass is 127. The maximum atomic E-state index is 10.6. The van der Waals surface area contributed by atoms with Crippen molar-refractivity contribution in [3.63, 3.8) is 0 Å². The molecule has 0 aromatic heterocycles. The van der Waals surface area contributed by atoms with Gasteiger partial charge in [-0.15, -0.1) is 0 Å². The molecular formula is C12H24INO3. The van der Waals surface area contributed by atoms with Crippen LogP contribution < -0.4 is 5.32 Å². The van der Waals surface area contributed by atoms with E-state index in [1.165, 1.54) is 12.8 Å². The Kier molecular flexibility index (Phi) is 15.4. The van der Waals surface area contributed by atoms with Gasteiger partial charge in [0.05, 0.1) is 0 Å². The molecule has 5 heteroatoms. The van der Waals surface area contributed by atoms with Crippen molar-refractivity contribution >= 4 is 32.5 Å². The maximum absolute atomic E-state index is 10.6. The van der Waals surface area contributed by atoms with E-state index in [0.29, 0.717) is 10.3 Å². The summed E-state index contributed by atoms with van der Waals surface area (Å²) in [5, 5.41) is 10.3. The number of unbranched alkanes of at least 4 members (excludes halogenated alkanes) is 2. The maximum Gasteiger partial charge on any atom is 0.404 e. The SMILES string of the molecule is CCCCC(C)C(=O)I.CCCCNC(=O)O. The van der Waals surface area contributed by atoms with E-state index in [1.54, 1.807) is 0 Å². The van der Waals surface area contributed by atoms with Crippen molar-refractivity contribution < 1.29 is 14.7 Å². The predicted molar refractivity (Wildman–Crippen MR) is 78.7 cm³/mol. The van der Waals surface area contributed by atoms with E-state index >= 15 is 0 Å². The molecule has 0 aliphatic rings. The van der Waals surface area contributed by atoms with Crippen LogP contribution in [0, 0.1) is 5.92 Å². The van der Waals surface area contributed by atoms with Gasteiger partial charge in [-0.3, -0.25) is 4.79 Å². The van der Waals surface area contributed by atoms with Crippen molar-refractivity contribution in [1.29, 1.82) is 0 Å². The molecule has 0 saturated heterocycles. The van der Waals surface area contributed by atoms with Crippen LogP contribution in [0.2, 0.25) is 0 Å². The topological polar surface area (TPSA) is 66.4 Å². The summed E-state index contributed by atoms with van der Waals surface area (Å²) in [6.07, 6.45) is 4.44. The fraction of sp³-hybridized carbons (Fsp3) is 0.833. The van der Waals surface area contributed by atoms with Crippen molar-refractivity contribution in [3.05, 3.63) is 0 Å². The minimum absolute atomic E-state index is 0.269. The van der Waals surface area contributed by atoms with E-state index in [2.05, 4.69) is 12.2 Å². The van der Waals surface area contributed by atoms with Gasteiger partial charge in [-0.1, -0.05) is 40.0 Å². The first-order valence-electron chi connectivity index (χ1n) is 6.11. The average Bonchev–Trinajstić information content (AvgIpc) is 2.26. The third-order valence-electron chi connectivity index (χ3n) is 2.18. The van der Waals surface area contributed by atoms with Gasteiger partial charge in [0.1, 0.15) is 0 Å². The van der Waals surface area contributed by atoms with Gasteiger partial charge < -0.3 is 10.4 Å². The second kappa shape index (κ2) is 13.7. The molecule has 1 atom stereocenters. The molecule has 102 valence electrons. The Balaban J connectivity index is 0. The molecule has 0 aliphatic carbocycles. The Labute approximate surface area is 118 Å². The molecule has 1 unspecified atom stereocenters. The van der Waals surface area contributed by atoms with Crippen LogP contribution in [0.15, 0.2) is 0 Å². The lowest BCUT2D eigenvalue weighted by atomic mass is 10.1. The Hall–Kier alpha value is -0.330. The highest BCUT2D eigenvalue weighted by molar-refractivity contribution is 14.1. The van der Waals surface area contributed by atoms with Crippen molar-refractivity contribution in [2.45, 2.75) is 52.9 Å². The molecule has 17 heavy (non-hydrogen) atoms. The van der Waals surface area contributed by atoms with E-state index in [0.717, 1.165) is 19.3 Å². The number of nitrogens with one attached hydrogen (secondary N) is 1. The molecule has 1 amide bonds. The monoisotopic (exact) mass is 357 g/mol. The number of halogens is 1. The van der Waals surface area contributed by atoms with Gasteiger partial charge in [0.25, 0.3) is 0 Å². The lowest BCUT2D eigenvalue weighted by molar-refractivity contribution is -0.112. The molecule has 4 nitrogen and oxygen atoms in total. The van der Waals surface area contributed by atoms with E-state index in [-0.39, 0.29) is 5.92 Å². The van der Waals surface area contributed by atoms with Crippen LogP contribution >= 0.6 is 22.6 Å². The van der Waals surface area contributed by atoms with Crippen LogP contribution in [0.4, 0.5) is 4.79 Å². The fourth-order valence-corrected chi connectivity index (χ4v) is 1.31. The van der Waals surface area contributed by atoms with Gasteiger partial charge in [0, 0.05) is 12.5 Å².